The molecule has 0 saturated carbocycles. The first kappa shape index (κ1) is 18.3. The minimum Gasteiger partial charge on any atom is -0.491 e. The monoisotopic (exact) mass is 354 g/mol. The number of hydrogen-bond acceptors (Lipinski definition) is 4. The summed E-state index contributed by atoms with van der Waals surface area (Å²) in [4.78, 5) is 16.0. The maximum Gasteiger partial charge on any atom is 0.339 e. The molecule has 1 unspecified atom stereocenters. The van der Waals surface area contributed by atoms with Gasteiger partial charge >= 0.3 is 5.97 Å². The Hall–Kier alpha value is -2.53. The highest BCUT2D eigenvalue weighted by atomic mass is 16.5. The van der Waals surface area contributed by atoms with Crippen LogP contribution in [0.1, 0.15) is 23.2 Å². The molecule has 0 spiro atoms. The van der Waals surface area contributed by atoms with Gasteiger partial charge in [0.15, 0.2) is 0 Å². The van der Waals surface area contributed by atoms with Gasteiger partial charge < -0.3 is 14.7 Å². The van der Waals surface area contributed by atoms with Crippen LogP contribution in [0.4, 0.5) is 5.69 Å². The van der Waals surface area contributed by atoms with Crippen molar-refractivity contribution in [3.63, 3.8) is 0 Å². The van der Waals surface area contributed by atoms with E-state index in [1.165, 1.54) is 18.5 Å². The van der Waals surface area contributed by atoms with Gasteiger partial charge in [-0.1, -0.05) is 30.3 Å². The topological polar surface area (TPSA) is 53.0 Å². The lowest BCUT2D eigenvalue weighted by molar-refractivity contribution is 0.0691. The van der Waals surface area contributed by atoms with E-state index in [9.17, 15) is 9.90 Å². The zero-order valence-corrected chi connectivity index (χ0v) is 15.2. The highest BCUT2D eigenvalue weighted by molar-refractivity contribution is 5.90. The molecule has 1 aliphatic rings. The molecule has 26 heavy (non-hydrogen) atoms. The quantitative estimate of drug-likeness (QED) is 0.826. The lowest BCUT2D eigenvalue weighted by Crippen LogP contribution is -2.47. The minimum atomic E-state index is -0.959. The Morgan fingerprint density at radius 2 is 1.92 bits per heavy atom. The fourth-order valence-corrected chi connectivity index (χ4v) is 3.44. The second-order valence-electron chi connectivity index (χ2n) is 6.71. The number of piperidine rings is 1. The minimum absolute atomic E-state index is 0.211. The normalized spacial score (nSPS) is 17.3. The Kier molecular flexibility index (Phi) is 6.12. The van der Waals surface area contributed by atoms with Gasteiger partial charge in [0.25, 0.3) is 0 Å². The zero-order valence-electron chi connectivity index (χ0n) is 15.2. The van der Waals surface area contributed by atoms with Crippen molar-refractivity contribution in [3.05, 3.63) is 60.2 Å². The summed E-state index contributed by atoms with van der Waals surface area (Å²) >= 11 is 0. The van der Waals surface area contributed by atoms with E-state index in [1.54, 1.807) is 24.3 Å². The van der Waals surface area contributed by atoms with Crippen molar-refractivity contribution in [1.29, 1.82) is 0 Å². The second-order valence-corrected chi connectivity index (χ2v) is 6.71. The predicted octanol–water partition coefficient (Wildman–Crippen LogP) is 3.36. The molecule has 0 amide bonds. The summed E-state index contributed by atoms with van der Waals surface area (Å²) in [5, 5.41) is 9.22. The van der Waals surface area contributed by atoms with E-state index in [0.29, 0.717) is 18.4 Å². The molecule has 0 aromatic heterocycles. The first-order valence-electron chi connectivity index (χ1n) is 9.10. The maximum atomic E-state index is 11.2. The van der Waals surface area contributed by atoms with E-state index in [2.05, 4.69) is 41.1 Å². The van der Waals surface area contributed by atoms with Crippen LogP contribution < -0.4 is 9.64 Å². The van der Waals surface area contributed by atoms with Gasteiger partial charge in [0.1, 0.15) is 17.9 Å². The highest BCUT2D eigenvalue weighted by Crippen LogP contribution is 2.22. The average molecular weight is 354 g/mol. The van der Waals surface area contributed by atoms with Crippen LogP contribution in [-0.4, -0.2) is 55.3 Å². The van der Waals surface area contributed by atoms with Gasteiger partial charge in [-0.3, -0.25) is 4.90 Å². The molecule has 1 fully saturated rings. The molecule has 2 aromatic carbocycles. The summed E-state index contributed by atoms with van der Waals surface area (Å²) in [5.41, 5.74) is 1.49. The SMILES string of the molecule is CN(CCOc1ccccc1C(=O)O)C1CCCN(c2ccccc2)C1. The zero-order chi connectivity index (χ0) is 18.4. The second kappa shape index (κ2) is 8.72. The van der Waals surface area contributed by atoms with Crippen LogP contribution in [0.15, 0.2) is 54.6 Å². The number of likely N-dealkylation sites (N-methyl/N-ethyl adjacent to an activating group) is 1. The number of para-hydroxylation sites is 2. The molecular formula is C21H26N2O3. The third-order valence-electron chi connectivity index (χ3n) is 4.96. The number of aromatic carboxylic acids is 1. The van der Waals surface area contributed by atoms with Crippen LogP contribution >= 0.6 is 0 Å². The summed E-state index contributed by atoms with van der Waals surface area (Å²) in [5.74, 6) is -0.525. The Labute approximate surface area is 154 Å². The fourth-order valence-electron chi connectivity index (χ4n) is 3.44. The molecule has 138 valence electrons. The number of rotatable bonds is 7. The van der Waals surface area contributed by atoms with Gasteiger partial charge in [0.05, 0.1) is 0 Å². The number of hydrogen-bond donors (Lipinski definition) is 1. The molecule has 1 heterocycles. The van der Waals surface area contributed by atoms with E-state index in [0.717, 1.165) is 19.6 Å². The molecule has 5 nitrogen and oxygen atoms in total. The molecule has 2 aromatic rings. The molecular weight excluding hydrogens is 328 g/mol. The van der Waals surface area contributed by atoms with E-state index in [4.69, 9.17) is 4.74 Å². The molecule has 0 aliphatic carbocycles. The van der Waals surface area contributed by atoms with Crippen molar-refractivity contribution in [3.8, 4) is 5.75 Å². The summed E-state index contributed by atoms with van der Waals surface area (Å²) in [6.45, 7) is 3.34. The number of carboxylic acid groups (broad SMARTS) is 1. The van der Waals surface area contributed by atoms with Crippen molar-refractivity contribution in [2.45, 2.75) is 18.9 Å². The lowest BCUT2D eigenvalue weighted by atomic mass is 10.0. The summed E-state index contributed by atoms with van der Waals surface area (Å²) in [6.07, 6.45) is 2.35. The average Bonchev–Trinajstić information content (AvgIpc) is 2.69. The number of nitrogens with zero attached hydrogens (tertiary/aromatic N) is 2. The molecule has 1 aliphatic heterocycles. The van der Waals surface area contributed by atoms with Gasteiger partial charge in [-0.15, -0.1) is 0 Å². The standard InChI is InChI=1S/C21H26N2O3/c1-22(14-15-26-20-12-6-5-11-19(20)21(24)25)18-10-7-13-23(16-18)17-8-3-2-4-9-17/h2-6,8-9,11-12,18H,7,10,13-16H2,1H3,(H,24,25). The molecule has 3 rings (SSSR count). The van der Waals surface area contributed by atoms with Crippen LogP contribution in [0.25, 0.3) is 0 Å². The fraction of sp³-hybridized carbons (Fsp3) is 0.381. The van der Waals surface area contributed by atoms with Crippen molar-refractivity contribution < 1.29 is 14.6 Å². The van der Waals surface area contributed by atoms with Crippen LogP contribution in [-0.2, 0) is 0 Å². The van der Waals surface area contributed by atoms with Gasteiger partial charge in [0.2, 0.25) is 0 Å². The third kappa shape index (κ3) is 4.55. The first-order chi connectivity index (χ1) is 12.6. The molecule has 1 atom stereocenters. The number of carboxylic acids is 1. The molecule has 1 saturated heterocycles. The number of benzene rings is 2. The number of anilines is 1. The molecule has 5 heteroatoms. The van der Waals surface area contributed by atoms with Crippen molar-refractivity contribution >= 4 is 11.7 Å². The third-order valence-corrected chi connectivity index (χ3v) is 4.96. The summed E-state index contributed by atoms with van der Waals surface area (Å²) in [7, 11) is 2.12. The van der Waals surface area contributed by atoms with Crippen molar-refractivity contribution in [2.75, 3.05) is 38.2 Å². The smallest absolute Gasteiger partial charge is 0.339 e. The Balaban J connectivity index is 1.52. The summed E-state index contributed by atoms with van der Waals surface area (Å²) < 4.78 is 5.74. The van der Waals surface area contributed by atoms with E-state index >= 15 is 0 Å². The maximum absolute atomic E-state index is 11.2. The molecule has 0 radical (unpaired) electrons. The van der Waals surface area contributed by atoms with E-state index in [1.807, 2.05) is 6.07 Å². The Morgan fingerprint density at radius 3 is 2.69 bits per heavy atom. The molecule has 1 N–H and O–H groups in total. The van der Waals surface area contributed by atoms with Crippen LogP contribution in [0.3, 0.4) is 0 Å². The number of ether oxygens (including phenoxy) is 1. The Bertz CT molecular complexity index is 720. The highest BCUT2D eigenvalue weighted by Gasteiger charge is 2.23. The van der Waals surface area contributed by atoms with Crippen molar-refractivity contribution in [1.82, 2.24) is 4.90 Å². The van der Waals surface area contributed by atoms with Gasteiger partial charge in [-0.2, -0.15) is 0 Å². The lowest BCUT2D eigenvalue weighted by Gasteiger charge is -2.38. The first-order valence-corrected chi connectivity index (χ1v) is 9.10. The largest absolute Gasteiger partial charge is 0.491 e. The predicted molar refractivity (Wildman–Crippen MR) is 103 cm³/mol. The summed E-state index contributed by atoms with van der Waals surface area (Å²) in [6, 6.07) is 17.8. The molecule has 0 bridgehead atoms. The van der Waals surface area contributed by atoms with Crippen LogP contribution in [0.2, 0.25) is 0 Å². The van der Waals surface area contributed by atoms with E-state index < -0.39 is 5.97 Å². The van der Waals surface area contributed by atoms with E-state index in [-0.39, 0.29) is 5.56 Å². The van der Waals surface area contributed by atoms with Crippen molar-refractivity contribution in [2.24, 2.45) is 0 Å². The Morgan fingerprint density at radius 1 is 1.19 bits per heavy atom. The van der Waals surface area contributed by atoms with Gasteiger partial charge in [-0.25, -0.2) is 4.79 Å². The van der Waals surface area contributed by atoms with Gasteiger partial charge in [0, 0.05) is 31.4 Å². The number of carbonyl (C=O) groups is 1. The van der Waals surface area contributed by atoms with Gasteiger partial charge in [-0.05, 0) is 44.2 Å². The van der Waals surface area contributed by atoms with Crippen LogP contribution in [0, 0.1) is 0 Å². The van der Waals surface area contributed by atoms with Crippen LogP contribution in [0.5, 0.6) is 5.75 Å².